The molecule has 0 radical (unpaired) electrons. The summed E-state index contributed by atoms with van der Waals surface area (Å²) in [6.07, 6.45) is -0.561. The van der Waals surface area contributed by atoms with Gasteiger partial charge in [-0.25, -0.2) is 8.78 Å². The first-order chi connectivity index (χ1) is 7.69. The Morgan fingerprint density at radius 2 is 2.06 bits per heavy atom. The molecule has 16 heavy (non-hydrogen) atoms. The molecule has 0 aromatic heterocycles. The molecule has 1 aromatic carbocycles. The van der Waals surface area contributed by atoms with E-state index in [1.165, 1.54) is 12.1 Å². The van der Waals surface area contributed by atoms with Gasteiger partial charge in [0, 0.05) is 10.9 Å². The molecular formula is C12H12BrF2N. The Morgan fingerprint density at radius 1 is 1.31 bits per heavy atom. The maximum absolute atomic E-state index is 12.5. The zero-order valence-corrected chi connectivity index (χ0v) is 10.3. The van der Waals surface area contributed by atoms with Gasteiger partial charge in [-0.1, -0.05) is 28.1 Å². The van der Waals surface area contributed by atoms with Gasteiger partial charge in [-0.15, -0.1) is 0 Å². The quantitative estimate of drug-likeness (QED) is 0.751. The van der Waals surface area contributed by atoms with Gasteiger partial charge < -0.3 is 0 Å². The predicted octanol–water partition coefficient (Wildman–Crippen LogP) is 4.02. The van der Waals surface area contributed by atoms with E-state index >= 15 is 0 Å². The van der Waals surface area contributed by atoms with E-state index in [9.17, 15) is 8.78 Å². The molecule has 1 aromatic rings. The van der Waals surface area contributed by atoms with Crippen LogP contribution in [0.25, 0.3) is 0 Å². The molecule has 0 N–H and O–H groups in total. The summed E-state index contributed by atoms with van der Waals surface area (Å²) in [4.78, 5) is 0. The molecule has 0 aliphatic carbocycles. The van der Waals surface area contributed by atoms with Crippen LogP contribution in [-0.2, 0) is 12.8 Å². The lowest BCUT2D eigenvalue weighted by Gasteiger charge is -2.09. The molecule has 0 heterocycles. The van der Waals surface area contributed by atoms with Crippen LogP contribution in [0.4, 0.5) is 8.78 Å². The summed E-state index contributed by atoms with van der Waals surface area (Å²) in [6.45, 7) is 0. The first kappa shape index (κ1) is 13.1. The lowest BCUT2D eigenvalue weighted by Crippen LogP contribution is -1.97. The second-order valence-electron chi connectivity index (χ2n) is 3.46. The highest BCUT2D eigenvalue weighted by Crippen LogP contribution is 2.23. The second kappa shape index (κ2) is 6.59. The molecular weight excluding hydrogens is 276 g/mol. The average molecular weight is 288 g/mol. The van der Waals surface area contributed by atoms with Crippen molar-refractivity contribution >= 4 is 15.9 Å². The molecule has 4 heteroatoms. The molecule has 0 bridgehead atoms. The first-order valence-electron chi connectivity index (χ1n) is 5.01. The van der Waals surface area contributed by atoms with Gasteiger partial charge in [0.05, 0.1) is 12.5 Å². The maximum Gasteiger partial charge on any atom is 0.263 e. The summed E-state index contributed by atoms with van der Waals surface area (Å²) in [5.41, 5.74) is 1.75. The highest BCUT2D eigenvalue weighted by Gasteiger charge is 2.10. The molecule has 0 aliphatic heterocycles. The minimum absolute atomic E-state index is 0.0336. The number of hydrogen-bond acceptors (Lipinski definition) is 1. The Bertz CT molecular complexity index is 385. The molecule has 0 fully saturated rings. The number of aryl methyl sites for hydroxylation is 1. The van der Waals surface area contributed by atoms with Crippen molar-refractivity contribution in [3.63, 3.8) is 0 Å². The van der Waals surface area contributed by atoms with Crippen LogP contribution in [0.1, 0.15) is 29.5 Å². The van der Waals surface area contributed by atoms with Crippen molar-refractivity contribution in [1.82, 2.24) is 0 Å². The summed E-state index contributed by atoms with van der Waals surface area (Å²) in [6, 6.07) is 6.60. The normalized spacial score (nSPS) is 10.4. The second-order valence-corrected chi connectivity index (χ2v) is 4.25. The fourth-order valence-electron chi connectivity index (χ4n) is 1.53. The number of hydrogen-bond donors (Lipinski definition) is 0. The molecule has 0 aliphatic rings. The zero-order valence-electron chi connectivity index (χ0n) is 8.72. The van der Waals surface area contributed by atoms with Gasteiger partial charge >= 0.3 is 0 Å². The Hall–Kier alpha value is -0.950. The number of halogens is 3. The molecule has 1 rings (SSSR count). The van der Waals surface area contributed by atoms with Crippen molar-refractivity contribution in [2.45, 2.75) is 25.7 Å². The first-order valence-corrected chi connectivity index (χ1v) is 6.14. The van der Waals surface area contributed by atoms with Crippen molar-refractivity contribution in [3.05, 3.63) is 34.9 Å². The molecule has 0 amide bonds. The van der Waals surface area contributed by atoms with Crippen molar-refractivity contribution < 1.29 is 8.78 Å². The van der Waals surface area contributed by atoms with E-state index in [0.717, 1.165) is 29.3 Å². The van der Waals surface area contributed by atoms with Crippen LogP contribution in [0.15, 0.2) is 18.2 Å². The molecule has 0 saturated carbocycles. The highest BCUT2D eigenvalue weighted by molar-refractivity contribution is 9.09. The monoisotopic (exact) mass is 287 g/mol. The predicted molar refractivity (Wildman–Crippen MR) is 62.8 cm³/mol. The largest absolute Gasteiger partial charge is 0.263 e. The number of nitrogens with zero attached hydrogens (tertiary/aromatic N) is 1. The van der Waals surface area contributed by atoms with Crippen molar-refractivity contribution in [1.29, 1.82) is 5.26 Å². The van der Waals surface area contributed by atoms with E-state index in [0.29, 0.717) is 0 Å². The summed E-state index contributed by atoms with van der Waals surface area (Å²) in [5, 5.41) is 9.47. The van der Waals surface area contributed by atoms with Gasteiger partial charge in [-0.2, -0.15) is 5.26 Å². The molecule has 0 saturated heterocycles. The Kier molecular flexibility index (Phi) is 5.41. The molecule has 0 spiro atoms. The van der Waals surface area contributed by atoms with E-state index in [1.807, 2.05) is 0 Å². The van der Waals surface area contributed by atoms with E-state index in [2.05, 4.69) is 22.0 Å². The summed E-state index contributed by atoms with van der Waals surface area (Å²) in [5.74, 6) is 0. The zero-order chi connectivity index (χ0) is 12.0. The van der Waals surface area contributed by atoms with E-state index in [4.69, 9.17) is 5.26 Å². The number of rotatable bonds is 5. The minimum Gasteiger partial charge on any atom is -0.205 e. The lowest BCUT2D eigenvalue weighted by molar-refractivity contribution is 0.151. The number of benzene rings is 1. The van der Waals surface area contributed by atoms with Gasteiger partial charge in [-0.05, 0) is 30.0 Å². The van der Waals surface area contributed by atoms with Crippen molar-refractivity contribution in [2.24, 2.45) is 0 Å². The van der Waals surface area contributed by atoms with Crippen LogP contribution in [-0.4, -0.2) is 5.33 Å². The number of alkyl halides is 3. The van der Waals surface area contributed by atoms with Gasteiger partial charge in [0.15, 0.2) is 0 Å². The minimum atomic E-state index is -2.45. The van der Waals surface area contributed by atoms with Crippen LogP contribution in [0, 0.1) is 11.3 Å². The standard InChI is InChI=1S/C12H12BrF2N/c13-6-1-2-10-8-11(12(14)15)4-3-9(10)5-7-16/h3-4,8,12H,1-2,5-6H2. The fourth-order valence-corrected chi connectivity index (χ4v) is 1.81. The smallest absolute Gasteiger partial charge is 0.205 e. The summed E-state index contributed by atoms with van der Waals surface area (Å²) < 4.78 is 25.0. The Balaban J connectivity index is 2.96. The topological polar surface area (TPSA) is 23.8 Å². The van der Waals surface area contributed by atoms with Crippen LogP contribution >= 0.6 is 15.9 Å². The molecule has 1 nitrogen and oxygen atoms in total. The highest BCUT2D eigenvalue weighted by atomic mass is 79.9. The van der Waals surface area contributed by atoms with Gasteiger partial charge in [-0.3, -0.25) is 0 Å². The lowest BCUT2D eigenvalue weighted by atomic mass is 9.98. The van der Waals surface area contributed by atoms with Crippen molar-refractivity contribution in [3.8, 4) is 6.07 Å². The third-order valence-electron chi connectivity index (χ3n) is 2.33. The van der Waals surface area contributed by atoms with Crippen LogP contribution in [0.2, 0.25) is 0 Å². The summed E-state index contributed by atoms with van der Waals surface area (Å²) in [7, 11) is 0. The van der Waals surface area contributed by atoms with Crippen molar-refractivity contribution in [2.75, 3.05) is 5.33 Å². The Labute approximate surface area is 102 Å². The molecule has 86 valence electrons. The summed E-state index contributed by atoms with van der Waals surface area (Å²) >= 11 is 3.30. The van der Waals surface area contributed by atoms with Crippen LogP contribution in [0.5, 0.6) is 0 Å². The van der Waals surface area contributed by atoms with E-state index in [1.54, 1.807) is 6.07 Å². The van der Waals surface area contributed by atoms with Gasteiger partial charge in [0.2, 0.25) is 0 Å². The van der Waals surface area contributed by atoms with E-state index < -0.39 is 6.43 Å². The SMILES string of the molecule is N#CCc1ccc(C(F)F)cc1CCCBr. The average Bonchev–Trinajstić information content (AvgIpc) is 2.27. The van der Waals surface area contributed by atoms with Gasteiger partial charge in [0.25, 0.3) is 6.43 Å². The molecule has 0 atom stereocenters. The number of nitriles is 1. The van der Waals surface area contributed by atoms with Gasteiger partial charge in [0.1, 0.15) is 0 Å². The third-order valence-corrected chi connectivity index (χ3v) is 2.89. The fraction of sp³-hybridized carbons (Fsp3) is 0.417. The van der Waals surface area contributed by atoms with Crippen LogP contribution < -0.4 is 0 Å². The molecule has 0 unspecified atom stereocenters. The van der Waals surface area contributed by atoms with E-state index in [-0.39, 0.29) is 12.0 Å². The maximum atomic E-state index is 12.5. The third kappa shape index (κ3) is 3.57. The Morgan fingerprint density at radius 3 is 2.62 bits per heavy atom. The van der Waals surface area contributed by atoms with Crippen LogP contribution in [0.3, 0.4) is 0 Å².